The smallest absolute Gasteiger partial charge is 0.191 e. The van der Waals surface area contributed by atoms with Crippen LogP contribution in [0.25, 0.3) is 0 Å². The Bertz CT molecular complexity index is 541. The van der Waals surface area contributed by atoms with Crippen LogP contribution in [0.2, 0.25) is 0 Å². The molecular formula is C18H28IN3O. The van der Waals surface area contributed by atoms with Crippen molar-refractivity contribution < 1.29 is 4.74 Å². The van der Waals surface area contributed by atoms with Crippen molar-refractivity contribution in [2.24, 2.45) is 4.99 Å². The number of benzene rings is 1. The van der Waals surface area contributed by atoms with E-state index in [1.165, 1.54) is 17.5 Å². The van der Waals surface area contributed by atoms with Crippen LogP contribution in [0.3, 0.4) is 0 Å². The number of hydrogen-bond acceptors (Lipinski definition) is 2. The first-order chi connectivity index (χ1) is 10.7. The minimum Gasteiger partial charge on any atom is -0.373 e. The van der Waals surface area contributed by atoms with E-state index in [4.69, 9.17) is 9.73 Å². The maximum Gasteiger partial charge on any atom is 0.191 e. The maximum absolute atomic E-state index is 5.81. The fourth-order valence-corrected chi connectivity index (χ4v) is 3.31. The Hall–Kier alpha value is -0.820. The number of halogens is 1. The quantitative estimate of drug-likeness (QED) is 0.430. The molecule has 0 spiro atoms. The van der Waals surface area contributed by atoms with Crippen molar-refractivity contribution in [2.45, 2.75) is 44.6 Å². The molecule has 3 rings (SSSR count). The van der Waals surface area contributed by atoms with Crippen LogP contribution in [0.15, 0.2) is 29.3 Å². The van der Waals surface area contributed by atoms with Crippen LogP contribution in [0.1, 0.15) is 43.7 Å². The standard InChI is InChI=1S/C18H27N3O.HI/c1-3-19-17(21-13-18(2)9-6-10-22-18)20-12-15-11-14-7-4-5-8-16(14)15;/h4-5,7-8,15H,3,6,9-13H2,1-2H3,(H2,19,20,21);1H. The molecule has 0 aromatic heterocycles. The second-order valence-corrected chi connectivity index (χ2v) is 6.58. The average Bonchev–Trinajstić information content (AvgIpc) is 2.93. The lowest BCUT2D eigenvalue weighted by molar-refractivity contribution is 0.0283. The van der Waals surface area contributed by atoms with Gasteiger partial charge in [0.2, 0.25) is 0 Å². The number of nitrogens with zero attached hydrogens (tertiary/aromatic N) is 1. The fourth-order valence-electron chi connectivity index (χ4n) is 3.31. The SMILES string of the molecule is CCNC(=NCC1(C)CCCO1)NCC1Cc2ccccc21.I. The van der Waals surface area contributed by atoms with Gasteiger partial charge in [-0.1, -0.05) is 24.3 Å². The molecule has 23 heavy (non-hydrogen) atoms. The summed E-state index contributed by atoms with van der Waals surface area (Å²) in [5, 5.41) is 6.82. The van der Waals surface area contributed by atoms with Gasteiger partial charge in [-0.2, -0.15) is 0 Å². The summed E-state index contributed by atoms with van der Waals surface area (Å²) >= 11 is 0. The number of hydrogen-bond donors (Lipinski definition) is 2. The molecule has 2 atom stereocenters. The van der Waals surface area contributed by atoms with Gasteiger partial charge in [-0.15, -0.1) is 24.0 Å². The number of rotatable bonds is 5. The average molecular weight is 429 g/mol. The molecule has 2 unspecified atom stereocenters. The van der Waals surface area contributed by atoms with Crippen molar-refractivity contribution in [1.82, 2.24) is 10.6 Å². The zero-order chi connectivity index (χ0) is 15.4. The molecule has 0 bridgehead atoms. The van der Waals surface area contributed by atoms with Gasteiger partial charge in [0.1, 0.15) is 0 Å². The molecule has 128 valence electrons. The lowest BCUT2D eigenvalue weighted by Crippen LogP contribution is -2.42. The minimum atomic E-state index is -0.0780. The molecule has 1 aliphatic heterocycles. The van der Waals surface area contributed by atoms with Crippen molar-refractivity contribution in [3.63, 3.8) is 0 Å². The Labute approximate surface area is 156 Å². The first-order valence-corrected chi connectivity index (χ1v) is 8.44. The second-order valence-electron chi connectivity index (χ2n) is 6.58. The summed E-state index contributed by atoms with van der Waals surface area (Å²) in [5.74, 6) is 1.52. The first kappa shape index (κ1) is 18.5. The topological polar surface area (TPSA) is 45.7 Å². The van der Waals surface area contributed by atoms with Gasteiger partial charge in [-0.05, 0) is 44.2 Å². The third kappa shape index (κ3) is 4.59. The molecule has 4 nitrogen and oxygen atoms in total. The van der Waals surface area contributed by atoms with Crippen molar-refractivity contribution in [3.05, 3.63) is 35.4 Å². The molecule has 0 radical (unpaired) electrons. The van der Waals surface area contributed by atoms with E-state index < -0.39 is 0 Å². The molecule has 1 aromatic carbocycles. The number of nitrogens with one attached hydrogen (secondary N) is 2. The highest BCUT2D eigenvalue weighted by Gasteiger charge is 2.29. The largest absolute Gasteiger partial charge is 0.373 e. The summed E-state index contributed by atoms with van der Waals surface area (Å²) in [6.45, 7) is 7.68. The van der Waals surface area contributed by atoms with Gasteiger partial charge in [0.25, 0.3) is 0 Å². The van der Waals surface area contributed by atoms with Crippen molar-refractivity contribution in [3.8, 4) is 0 Å². The van der Waals surface area contributed by atoms with Crippen molar-refractivity contribution in [2.75, 3.05) is 26.2 Å². The van der Waals surface area contributed by atoms with E-state index in [1.54, 1.807) is 0 Å². The number of ether oxygens (including phenoxy) is 1. The highest BCUT2D eigenvalue weighted by molar-refractivity contribution is 14.0. The lowest BCUT2D eigenvalue weighted by atomic mass is 9.78. The van der Waals surface area contributed by atoms with Crippen LogP contribution in [0.5, 0.6) is 0 Å². The Morgan fingerprint density at radius 3 is 2.87 bits per heavy atom. The Balaban J connectivity index is 0.00000192. The monoisotopic (exact) mass is 429 g/mol. The van der Waals surface area contributed by atoms with E-state index in [2.05, 4.69) is 48.7 Å². The van der Waals surface area contributed by atoms with Gasteiger partial charge < -0.3 is 15.4 Å². The van der Waals surface area contributed by atoms with Gasteiger partial charge in [0, 0.05) is 25.6 Å². The first-order valence-electron chi connectivity index (χ1n) is 8.44. The van der Waals surface area contributed by atoms with E-state index >= 15 is 0 Å². The van der Waals surface area contributed by atoms with Gasteiger partial charge in [0.05, 0.1) is 12.1 Å². The third-order valence-corrected chi connectivity index (χ3v) is 4.69. The molecule has 1 fully saturated rings. The third-order valence-electron chi connectivity index (χ3n) is 4.69. The van der Waals surface area contributed by atoms with Gasteiger partial charge in [-0.25, -0.2) is 0 Å². The predicted molar refractivity (Wildman–Crippen MR) is 106 cm³/mol. The molecule has 2 N–H and O–H groups in total. The second kappa shape index (κ2) is 8.33. The Kier molecular flexibility index (Phi) is 6.71. The van der Waals surface area contributed by atoms with Crippen LogP contribution in [-0.2, 0) is 11.2 Å². The van der Waals surface area contributed by atoms with Crippen LogP contribution < -0.4 is 10.6 Å². The van der Waals surface area contributed by atoms with E-state index in [-0.39, 0.29) is 29.6 Å². The molecule has 0 amide bonds. The molecule has 0 saturated carbocycles. The van der Waals surface area contributed by atoms with Crippen LogP contribution in [-0.4, -0.2) is 37.8 Å². The highest BCUT2D eigenvalue weighted by Crippen LogP contribution is 2.34. The van der Waals surface area contributed by atoms with E-state index in [1.807, 2.05) is 0 Å². The summed E-state index contributed by atoms with van der Waals surface area (Å²) < 4.78 is 5.81. The highest BCUT2D eigenvalue weighted by atomic mass is 127. The fraction of sp³-hybridized carbons (Fsp3) is 0.611. The Morgan fingerprint density at radius 2 is 2.17 bits per heavy atom. The predicted octanol–water partition coefficient (Wildman–Crippen LogP) is 3.07. The summed E-state index contributed by atoms with van der Waals surface area (Å²) in [4.78, 5) is 4.72. The molecule has 1 aliphatic carbocycles. The van der Waals surface area contributed by atoms with Crippen LogP contribution in [0, 0.1) is 0 Å². The molecule has 2 aliphatic rings. The maximum atomic E-state index is 5.81. The van der Waals surface area contributed by atoms with Gasteiger partial charge in [0.15, 0.2) is 5.96 Å². The number of fused-ring (bicyclic) bond motifs is 1. The Morgan fingerprint density at radius 1 is 1.35 bits per heavy atom. The van der Waals surface area contributed by atoms with Crippen molar-refractivity contribution in [1.29, 1.82) is 0 Å². The number of guanidine groups is 1. The zero-order valence-corrected chi connectivity index (χ0v) is 16.4. The molecular weight excluding hydrogens is 401 g/mol. The normalized spacial score (nSPS) is 26.0. The van der Waals surface area contributed by atoms with Crippen LogP contribution >= 0.6 is 24.0 Å². The van der Waals surface area contributed by atoms with Crippen molar-refractivity contribution >= 4 is 29.9 Å². The molecule has 5 heteroatoms. The summed E-state index contributed by atoms with van der Waals surface area (Å²) in [7, 11) is 0. The molecule has 1 saturated heterocycles. The van der Waals surface area contributed by atoms with E-state index in [0.29, 0.717) is 5.92 Å². The zero-order valence-electron chi connectivity index (χ0n) is 14.1. The summed E-state index contributed by atoms with van der Waals surface area (Å²) in [6.07, 6.45) is 3.42. The summed E-state index contributed by atoms with van der Waals surface area (Å²) in [6, 6.07) is 8.71. The minimum absolute atomic E-state index is 0. The van der Waals surface area contributed by atoms with Gasteiger partial charge >= 0.3 is 0 Å². The molecule has 1 aromatic rings. The summed E-state index contributed by atoms with van der Waals surface area (Å²) in [5.41, 5.74) is 2.89. The van der Waals surface area contributed by atoms with E-state index in [0.717, 1.165) is 45.0 Å². The number of aliphatic imine (C=N–C) groups is 1. The lowest BCUT2D eigenvalue weighted by Gasteiger charge is -2.31. The molecule has 1 heterocycles. The van der Waals surface area contributed by atoms with E-state index in [9.17, 15) is 0 Å². The van der Waals surface area contributed by atoms with Gasteiger partial charge in [-0.3, -0.25) is 4.99 Å². The van der Waals surface area contributed by atoms with Crippen LogP contribution in [0.4, 0.5) is 0 Å².